The van der Waals surface area contributed by atoms with Crippen LogP contribution in [0.25, 0.3) is 0 Å². The Morgan fingerprint density at radius 2 is 2.00 bits per heavy atom. The van der Waals surface area contributed by atoms with Crippen LogP contribution in [-0.4, -0.2) is 21.5 Å². The third kappa shape index (κ3) is 3.56. The Morgan fingerprint density at radius 1 is 1.21 bits per heavy atom. The lowest BCUT2D eigenvalue weighted by molar-refractivity contribution is 0.798. The summed E-state index contributed by atoms with van der Waals surface area (Å²) >= 11 is 0. The van der Waals surface area contributed by atoms with Crippen molar-refractivity contribution in [2.24, 2.45) is 27.2 Å². The summed E-state index contributed by atoms with van der Waals surface area (Å²) in [6, 6.07) is 7.62. The van der Waals surface area contributed by atoms with Crippen LogP contribution < -0.4 is 17.2 Å². The van der Waals surface area contributed by atoms with Crippen LogP contribution >= 0.6 is 0 Å². The second-order valence-corrected chi connectivity index (χ2v) is 3.87. The first-order valence-electron chi connectivity index (χ1n) is 5.62. The van der Waals surface area contributed by atoms with Crippen molar-refractivity contribution in [2.45, 2.75) is 6.54 Å². The van der Waals surface area contributed by atoms with E-state index in [2.05, 4.69) is 15.0 Å². The van der Waals surface area contributed by atoms with E-state index in [4.69, 9.17) is 17.2 Å². The van der Waals surface area contributed by atoms with Crippen LogP contribution in [0.2, 0.25) is 0 Å². The number of aromatic nitrogens is 2. The van der Waals surface area contributed by atoms with Crippen molar-refractivity contribution in [3.8, 4) is 0 Å². The van der Waals surface area contributed by atoms with Crippen LogP contribution in [0.4, 0.5) is 5.69 Å². The van der Waals surface area contributed by atoms with Gasteiger partial charge in [-0.05, 0) is 11.6 Å². The molecule has 0 atom stereocenters. The standard InChI is InChI=1S/C12H15N7/c13-11(14)18-12(15)17-10-4-2-1-3-9(10)7-19-6-5-16-8-19/h1-6,8H,7H2,(H6,13,14,15,17,18). The predicted octanol–water partition coefficient (Wildman–Crippen LogP) is 0.151. The number of benzene rings is 1. The number of nitrogens with zero attached hydrogens (tertiary/aromatic N) is 4. The average Bonchev–Trinajstić information content (AvgIpc) is 2.83. The fraction of sp³-hybridized carbons (Fsp3) is 0.0833. The van der Waals surface area contributed by atoms with Gasteiger partial charge in [-0.2, -0.15) is 4.99 Å². The molecule has 1 aromatic carbocycles. The summed E-state index contributed by atoms with van der Waals surface area (Å²) in [5.74, 6) is -0.0913. The fourth-order valence-electron chi connectivity index (χ4n) is 1.61. The van der Waals surface area contributed by atoms with Crippen molar-refractivity contribution in [1.29, 1.82) is 0 Å². The molecule has 7 heteroatoms. The van der Waals surface area contributed by atoms with Gasteiger partial charge in [0, 0.05) is 12.4 Å². The zero-order valence-electron chi connectivity index (χ0n) is 10.3. The summed E-state index contributed by atoms with van der Waals surface area (Å²) in [4.78, 5) is 11.9. The summed E-state index contributed by atoms with van der Waals surface area (Å²) in [6.07, 6.45) is 5.33. The van der Waals surface area contributed by atoms with Gasteiger partial charge in [0.25, 0.3) is 0 Å². The summed E-state index contributed by atoms with van der Waals surface area (Å²) in [5, 5.41) is 0. The van der Waals surface area contributed by atoms with Crippen LogP contribution in [0, 0.1) is 0 Å². The van der Waals surface area contributed by atoms with Gasteiger partial charge in [-0.15, -0.1) is 0 Å². The molecular formula is C12H15N7. The Morgan fingerprint density at radius 3 is 2.68 bits per heavy atom. The van der Waals surface area contributed by atoms with Gasteiger partial charge in [0.15, 0.2) is 5.96 Å². The quantitative estimate of drug-likeness (QED) is 0.535. The van der Waals surface area contributed by atoms with E-state index >= 15 is 0 Å². The van der Waals surface area contributed by atoms with E-state index < -0.39 is 0 Å². The smallest absolute Gasteiger partial charge is 0.223 e. The molecule has 2 rings (SSSR count). The summed E-state index contributed by atoms with van der Waals surface area (Å²) in [5.41, 5.74) is 17.8. The highest BCUT2D eigenvalue weighted by Crippen LogP contribution is 2.19. The monoisotopic (exact) mass is 257 g/mol. The van der Waals surface area contributed by atoms with E-state index in [9.17, 15) is 0 Å². The lowest BCUT2D eigenvalue weighted by Crippen LogP contribution is -2.26. The normalized spacial score (nSPS) is 11.3. The SMILES string of the molecule is NC(N)=NC(N)=Nc1ccccc1Cn1ccnc1. The zero-order chi connectivity index (χ0) is 13.7. The lowest BCUT2D eigenvalue weighted by Gasteiger charge is -2.06. The number of para-hydroxylation sites is 1. The highest BCUT2D eigenvalue weighted by atomic mass is 15.1. The maximum Gasteiger partial charge on any atom is 0.223 e. The molecule has 0 aliphatic rings. The van der Waals surface area contributed by atoms with Gasteiger partial charge in [-0.1, -0.05) is 18.2 Å². The molecule has 0 spiro atoms. The number of imidazole rings is 1. The van der Waals surface area contributed by atoms with Crippen molar-refractivity contribution in [1.82, 2.24) is 9.55 Å². The van der Waals surface area contributed by atoms with Crippen LogP contribution in [0.3, 0.4) is 0 Å². The van der Waals surface area contributed by atoms with Crippen LogP contribution in [-0.2, 0) is 6.54 Å². The first kappa shape index (κ1) is 12.6. The molecule has 0 aliphatic heterocycles. The molecule has 0 saturated heterocycles. The molecule has 0 amide bonds. The van der Waals surface area contributed by atoms with E-state index in [1.807, 2.05) is 35.0 Å². The van der Waals surface area contributed by atoms with Crippen LogP contribution in [0.1, 0.15) is 5.56 Å². The van der Waals surface area contributed by atoms with Crippen molar-refractivity contribution in [3.05, 3.63) is 48.5 Å². The van der Waals surface area contributed by atoms with E-state index in [0.29, 0.717) is 6.54 Å². The number of aliphatic imine (C=N–C) groups is 2. The largest absolute Gasteiger partial charge is 0.370 e. The second-order valence-electron chi connectivity index (χ2n) is 3.87. The molecule has 0 aliphatic carbocycles. The molecule has 7 nitrogen and oxygen atoms in total. The third-order valence-corrected chi connectivity index (χ3v) is 2.38. The molecule has 98 valence electrons. The minimum Gasteiger partial charge on any atom is -0.370 e. The minimum atomic E-state index is -0.117. The Balaban J connectivity index is 2.28. The topological polar surface area (TPSA) is 121 Å². The maximum atomic E-state index is 5.63. The molecule has 0 bridgehead atoms. The molecule has 1 heterocycles. The summed E-state index contributed by atoms with van der Waals surface area (Å²) in [6.45, 7) is 0.648. The van der Waals surface area contributed by atoms with E-state index in [-0.39, 0.29) is 11.9 Å². The Kier molecular flexibility index (Phi) is 3.77. The van der Waals surface area contributed by atoms with Gasteiger partial charge in [0.1, 0.15) is 0 Å². The van der Waals surface area contributed by atoms with Gasteiger partial charge < -0.3 is 21.8 Å². The Hall–Kier alpha value is -2.83. The minimum absolute atomic E-state index is 0.0260. The molecule has 2 aromatic rings. The third-order valence-electron chi connectivity index (χ3n) is 2.38. The Labute approximate surface area is 110 Å². The van der Waals surface area contributed by atoms with Crippen molar-refractivity contribution >= 4 is 17.6 Å². The van der Waals surface area contributed by atoms with E-state index in [1.54, 1.807) is 12.5 Å². The van der Waals surface area contributed by atoms with Gasteiger partial charge in [0.05, 0.1) is 18.6 Å². The van der Waals surface area contributed by atoms with Crippen molar-refractivity contribution in [2.75, 3.05) is 0 Å². The number of guanidine groups is 2. The average molecular weight is 257 g/mol. The predicted molar refractivity (Wildman–Crippen MR) is 74.9 cm³/mol. The number of hydrogen-bond acceptors (Lipinski definition) is 2. The second kappa shape index (κ2) is 5.67. The molecule has 0 unspecified atom stereocenters. The highest BCUT2D eigenvalue weighted by Gasteiger charge is 2.02. The molecular weight excluding hydrogens is 242 g/mol. The van der Waals surface area contributed by atoms with Crippen molar-refractivity contribution < 1.29 is 0 Å². The van der Waals surface area contributed by atoms with Gasteiger partial charge in [-0.25, -0.2) is 9.98 Å². The number of rotatable bonds is 3. The first-order valence-corrected chi connectivity index (χ1v) is 5.62. The molecule has 6 N–H and O–H groups in total. The molecule has 0 saturated carbocycles. The summed E-state index contributed by atoms with van der Waals surface area (Å²) in [7, 11) is 0. The number of hydrogen-bond donors (Lipinski definition) is 3. The van der Waals surface area contributed by atoms with Crippen molar-refractivity contribution in [3.63, 3.8) is 0 Å². The van der Waals surface area contributed by atoms with E-state index in [1.165, 1.54) is 0 Å². The lowest BCUT2D eigenvalue weighted by atomic mass is 10.2. The zero-order valence-corrected chi connectivity index (χ0v) is 10.3. The number of nitrogens with two attached hydrogens (primary N) is 3. The Bertz CT molecular complexity index is 594. The fourth-order valence-corrected chi connectivity index (χ4v) is 1.61. The first-order chi connectivity index (χ1) is 9.15. The van der Waals surface area contributed by atoms with Crippen LogP contribution in [0.5, 0.6) is 0 Å². The maximum absolute atomic E-state index is 5.63. The van der Waals surface area contributed by atoms with Gasteiger partial charge in [0.2, 0.25) is 5.96 Å². The molecule has 0 fully saturated rings. The van der Waals surface area contributed by atoms with Gasteiger partial charge >= 0.3 is 0 Å². The highest BCUT2D eigenvalue weighted by molar-refractivity contribution is 5.93. The molecule has 0 radical (unpaired) electrons. The van der Waals surface area contributed by atoms with Crippen LogP contribution in [0.15, 0.2) is 53.0 Å². The molecule has 19 heavy (non-hydrogen) atoms. The molecule has 1 aromatic heterocycles. The van der Waals surface area contributed by atoms with E-state index in [0.717, 1.165) is 11.3 Å². The summed E-state index contributed by atoms with van der Waals surface area (Å²) < 4.78 is 1.94. The van der Waals surface area contributed by atoms with Gasteiger partial charge in [-0.3, -0.25) is 0 Å².